The zero-order valence-corrected chi connectivity index (χ0v) is 13.0. The van der Waals surface area contributed by atoms with Crippen molar-refractivity contribution in [3.05, 3.63) is 30.2 Å². The number of nitrogens with one attached hydrogen (secondary N) is 1. The number of morpholine rings is 1. The summed E-state index contributed by atoms with van der Waals surface area (Å²) in [5.74, 6) is -0.146. The Hall–Kier alpha value is -1.99. The molecule has 0 saturated carbocycles. The highest BCUT2D eigenvalue weighted by Gasteiger charge is 2.26. The van der Waals surface area contributed by atoms with Crippen molar-refractivity contribution >= 4 is 11.6 Å². The molecule has 3 rings (SSSR count). The molecule has 1 saturated heterocycles. The summed E-state index contributed by atoms with van der Waals surface area (Å²) >= 11 is 0. The van der Waals surface area contributed by atoms with Crippen molar-refractivity contribution in [1.82, 2.24) is 24.8 Å². The van der Waals surface area contributed by atoms with Crippen LogP contribution in [0.15, 0.2) is 24.7 Å². The van der Waals surface area contributed by atoms with E-state index in [1.807, 2.05) is 13.8 Å². The summed E-state index contributed by atoms with van der Waals surface area (Å²) < 4.78 is 6.96. The van der Waals surface area contributed by atoms with E-state index in [2.05, 4.69) is 20.3 Å². The number of hydrogen-bond donors (Lipinski definition) is 1. The van der Waals surface area contributed by atoms with Crippen LogP contribution in [-0.2, 0) is 4.74 Å². The number of carbonyl (C=O) groups is 1. The number of hydrogen-bond acceptors (Lipinski definition) is 5. The highest BCUT2D eigenvalue weighted by atomic mass is 16.5. The van der Waals surface area contributed by atoms with Gasteiger partial charge in [0.2, 0.25) is 0 Å². The summed E-state index contributed by atoms with van der Waals surface area (Å²) in [6, 6.07) is 1.78. The van der Waals surface area contributed by atoms with Crippen LogP contribution in [0, 0.1) is 0 Å². The molecule has 118 valence electrons. The van der Waals surface area contributed by atoms with E-state index >= 15 is 0 Å². The molecule has 1 amide bonds. The number of aromatic nitrogens is 3. The zero-order valence-electron chi connectivity index (χ0n) is 13.0. The van der Waals surface area contributed by atoms with Crippen molar-refractivity contribution in [3.63, 3.8) is 0 Å². The molecule has 1 fully saturated rings. The van der Waals surface area contributed by atoms with Crippen LogP contribution >= 0.6 is 0 Å². The number of carbonyl (C=O) groups excluding carboxylic acids is 1. The minimum absolute atomic E-state index is 0.146. The van der Waals surface area contributed by atoms with Gasteiger partial charge in [-0.25, -0.2) is 9.50 Å². The molecule has 0 aliphatic carbocycles. The summed E-state index contributed by atoms with van der Waals surface area (Å²) in [5.41, 5.74) is 0.732. The van der Waals surface area contributed by atoms with Gasteiger partial charge in [0.25, 0.3) is 5.91 Å². The van der Waals surface area contributed by atoms with Crippen molar-refractivity contribution in [2.24, 2.45) is 0 Å². The maximum atomic E-state index is 12.5. The topological polar surface area (TPSA) is 71.8 Å². The van der Waals surface area contributed by atoms with Gasteiger partial charge in [0.1, 0.15) is 5.56 Å². The fraction of sp³-hybridized carbons (Fsp3) is 0.533. The Morgan fingerprint density at radius 3 is 2.95 bits per heavy atom. The van der Waals surface area contributed by atoms with Crippen molar-refractivity contribution in [2.45, 2.75) is 19.4 Å². The first-order chi connectivity index (χ1) is 10.6. The van der Waals surface area contributed by atoms with E-state index in [1.54, 1.807) is 29.2 Å². The van der Waals surface area contributed by atoms with Crippen LogP contribution in [0.1, 0.15) is 24.2 Å². The summed E-state index contributed by atoms with van der Waals surface area (Å²) in [6.45, 7) is 8.15. The van der Waals surface area contributed by atoms with Gasteiger partial charge in [-0.2, -0.15) is 5.10 Å². The Labute approximate surface area is 129 Å². The van der Waals surface area contributed by atoms with E-state index in [4.69, 9.17) is 4.74 Å². The minimum Gasteiger partial charge on any atom is -0.379 e. The lowest BCUT2D eigenvalue weighted by atomic mass is 10.0. The van der Waals surface area contributed by atoms with E-state index in [-0.39, 0.29) is 11.4 Å². The molecule has 0 spiro atoms. The van der Waals surface area contributed by atoms with Crippen molar-refractivity contribution in [3.8, 4) is 0 Å². The molecule has 0 unspecified atom stereocenters. The third-order valence-electron chi connectivity index (χ3n) is 3.70. The molecular formula is C15H21N5O2. The second-order valence-corrected chi connectivity index (χ2v) is 6.17. The first-order valence-electron chi connectivity index (χ1n) is 7.46. The zero-order chi connectivity index (χ0) is 15.6. The number of ether oxygens (including phenoxy) is 1. The molecule has 22 heavy (non-hydrogen) atoms. The summed E-state index contributed by atoms with van der Waals surface area (Å²) in [4.78, 5) is 19.1. The number of fused-ring (bicyclic) bond motifs is 1. The van der Waals surface area contributed by atoms with Crippen LogP contribution in [0.3, 0.4) is 0 Å². The van der Waals surface area contributed by atoms with Gasteiger partial charge in [-0.05, 0) is 19.9 Å². The van der Waals surface area contributed by atoms with Crippen LogP contribution in [0.2, 0.25) is 0 Å². The standard InChI is InChI=1S/C15H21N5O2/c1-15(2,11-19-6-8-22-9-7-19)18-14(21)12-10-17-20-5-3-4-16-13(12)20/h3-5,10H,6-9,11H2,1-2H3,(H,18,21). The Kier molecular flexibility index (Phi) is 4.08. The smallest absolute Gasteiger partial charge is 0.257 e. The minimum atomic E-state index is -0.336. The second-order valence-electron chi connectivity index (χ2n) is 6.17. The molecule has 7 heteroatoms. The van der Waals surface area contributed by atoms with Crippen molar-refractivity contribution < 1.29 is 9.53 Å². The molecule has 1 N–H and O–H groups in total. The predicted octanol–water partition coefficient (Wildman–Crippen LogP) is 0.570. The van der Waals surface area contributed by atoms with Crippen molar-refractivity contribution in [2.75, 3.05) is 32.8 Å². The molecule has 1 aliphatic heterocycles. The summed E-state index contributed by atoms with van der Waals surface area (Å²) in [6.07, 6.45) is 4.99. The Morgan fingerprint density at radius 2 is 2.18 bits per heavy atom. The fourth-order valence-electron chi connectivity index (χ4n) is 2.72. The molecule has 0 aromatic carbocycles. The normalized spacial score (nSPS) is 16.8. The average molecular weight is 303 g/mol. The molecule has 0 radical (unpaired) electrons. The van der Waals surface area contributed by atoms with Gasteiger partial charge >= 0.3 is 0 Å². The molecular weight excluding hydrogens is 282 g/mol. The largest absolute Gasteiger partial charge is 0.379 e. The summed E-state index contributed by atoms with van der Waals surface area (Å²) in [5, 5.41) is 7.24. The predicted molar refractivity (Wildman–Crippen MR) is 81.8 cm³/mol. The van der Waals surface area contributed by atoms with Crippen LogP contribution in [0.5, 0.6) is 0 Å². The molecule has 3 heterocycles. The SMILES string of the molecule is CC(C)(CN1CCOCC1)NC(=O)c1cnn2cccnc12. The first kappa shape index (κ1) is 14.9. The van der Waals surface area contributed by atoms with Gasteiger partial charge in [0.15, 0.2) is 5.65 Å². The molecule has 2 aromatic heterocycles. The Balaban J connectivity index is 1.69. The second kappa shape index (κ2) is 6.02. The maximum absolute atomic E-state index is 12.5. The van der Waals surface area contributed by atoms with Crippen molar-refractivity contribution in [1.29, 1.82) is 0 Å². The third-order valence-corrected chi connectivity index (χ3v) is 3.70. The van der Waals surface area contributed by atoms with Gasteiger partial charge in [0, 0.05) is 37.6 Å². The quantitative estimate of drug-likeness (QED) is 0.894. The highest BCUT2D eigenvalue weighted by molar-refractivity contribution is 5.99. The van der Waals surface area contributed by atoms with Gasteiger partial charge in [-0.3, -0.25) is 9.69 Å². The van der Waals surface area contributed by atoms with E-state index in [9.17, 15) is 4.79 Å². The Morgan fingerprint density at radius 1 is 1.41 bits per heavy atom. The highest BCUT2D eigenvalue weighted by Crippen LogP contribution is 2.12. The third kappa shape index (κ3) is 3.26. The molecule has 7 nitrogen and oxygen atoms in total. The van der Waals surface area contributed by atoms with Gasteiger partial charge in [-0.1, -0.05) is 0 Å². The monoisotopic (exact) mass is 303 g/mol. The van der Waals surface area contributed by atoms with Gasteiger partial charge < -0.3 is 10.1 Å². The van der Waals surface area contributed by atoms with E-state index in [0.717, 1.165) is 32.8 Å². The van der Waals surface area contributed by atoms with Crippen LogP contribution in [0.25, 0.3) is 5.65 Å². The summed E-state index contributed by atoms with van der Waals surface area (Å²) in [7, 11) is 0. The fourth-order valence-corrected chi connectivity index (χ4v) is 2.72. The Bertz CT molecular complexity index is 661. The van der Waals surface area contributed by atoms with E-state index in [1.165, 1.54) is 0 Å². The molecule has 0 bridgehead atoms. The number of rotatable bonds is 4. The number of amides is 1. The van der Waals surface area contributed by atoms with Crippen LogP contribution in [-0.4, -0.2) is 63.8 Å². The van der Waals surface area contributed by atoms with Crippen LogP contribution < -0.4 is 5.32 Å². The average Bonchev–Trinajstić information content (AvgIpc) is 2.91. The number of nitrogens with zero attached hydrogens (tertiary/aromatic N) is 4. The molecule has 0 atom stereocenters. The van der Waals surface area contributed by atoms with E-state index < -0.39 is 0 Å². The lowest BCUT2D eigenvalue weighted by molar-refractivity contribution is 0.0269. The van der Waals surface area contributed by atoms with Gasteiger partial charge in [-0.15, -0.1) is 0 Å². The molecule has 2 aromatic rings. The lowest BCUT2D eigenvalue weighted by Gasteiger charge is -2.35. The lowest BCUT2D eigenvalue weighted by Crippen LogP contribution is -2.53. The first-order valence-corrected chi connectivity index (χ1v) is 7.46. The van der Waals surface area contributed by atoms with Gasteiger partial charge in [0.05, 0.1) is 19.4 Å². The van der Waals surface area contributed by atoms with Crippen LogP contribution in [0.4, 0.5) is 0 Å². The van der Waals surface area contributed by atoms with E-state index in [0.29, 0.717) is 11.2 Å². The molecule has 1 aliphatic rings. The maximum Gasteiger partial charge on any atom is 0.257 e.